The van der Waals surface area contributed by atoms with Gasteiger partial charge in [-0.2, -0.15) is 0 Å². The minimum Gasteiger partial charge on any atom is -1.00 e. The fourth-order valence-corrected chi connectivity index (χ4v) is 8.54. The van der Waals surface area contributed by atoms with Crippen molar-refractivity contribution in [3.63, 3.8) is 0 Å². The quantitative estimate of drug-likeness (QED) is 0.608. The van der Waals surface area contributed by atoms with Gasteiger partial charge in [-0.05, 0) is 0 Å². The maximum atomic E-state index is 5.69. The molecule has 0 amide bonds. The van der Waals surface area contributed by atoms with E-state index in [1.54, 1.807) is 0 Å². The fourth-order valence-electron chi connectivity index (χ4n) is 0.963. The molecule has 0 aliphatic heterocycles. The second-order valence-electron chi connectivity index (χ2n) is 2.88. The van der Waals surface area contributed by atoms with Crippen LogP contribution in [0.2, 0.25) is 4.44 Å². The minimum absolute atomic E-state index is 0. The van der Waals surface area contributed by atoms with Crippen LogP contribution in [-0.2, 0) is 3.07 Å². The Hall–Kier alpha value is 1.36. The molecule has 0 heterocycles. The standard InChI is InChI=1S/C5H12N.C2H5O.CH4S.ClH.Sn/c1-3-4-5(2)6;1-2-3;1-2;;/h5H,1,3-4,6H2,2H3;2H2,1H3;2H,1H3;1H;/q;-1;;;+3/p-2. The maximum Gasteiger partial charge on any atom is -1.00 e. The van der Waals surface area contributed by atoms with E-state index in [4.69, 9.17) is 8.81 Å². The summed E-state index contributed by atoms with van der Waals surface area (Å²) in [7, 11) is 1.98. The predicted molar refractivity (Wildman–Crippen MR) is 58.6 cm³/mol. The van der Waals surface area contributed by atoms with Gasteiger partial charge in [-0.1, -0.05) is 0 Å². The van der Waals surface area contributed by atoms with Crippen LogP contribution in [0, 0.1) is 0 Å². The largest absolute Gasteiger partial charge is 1.00 e. The number of halogens is 1. The molecule has 0 aromatic carbocycles. The van der Waals surface area contributed by atoms with Crippen molar-refractivity contribution >= 4 is 27.7 Å². The van der Waals surface area contributed by atoms with Crippen molar-refractivity contribution < 1.29 is 15.5 Å². The molecule has 0 aliphatic rings. The van der Waals surface area contributed by atoms with E-state index >= 15 is 0 Å². The number of rotatable bonds is 7. The average Bonchev–Trinajstić information content (AvgIpc) is 2.02. The predicted octanol–water partition coefficient (Wildman–Crippen LogP) is -0.994. The third kappa shape index (κ3) is 11.3. The average molecular weight is 332 g/mol. The molecule has 1 atom stereocenters. The summed E-state index contributed by atoms with van der Waals surface area (Å²) in [4.78, 5) is 0. The minimum atomic E-state index is -1.44. The Labute approximate surface area is 98.5 Å². The molecule has 0 aromatic heterocycles. The van der Waals surface area contributed by atoms with E-state index in [0.29, 0.717) is 6.04 Å². The summed E-state index contributed by atoms with van der Waals surface area (Å²) >= 11 is -1.44. The number of hydrogen-bond donors (Lipinski definition) is 1. The topological polar surface area (TPSA) is 35.2 Å². The van der Waals surface area contributed by atoms with Crippen molar-refractivity contribution in [2.45, 2.75) is 37.2 Å². The molecule has 0 spiro atoms. The summed E-state index contributed by atoms with van der Waals surface area (Å²) < 4.78 is 7.01. The first-order valence-corrected chi connectivity index (χ1v) is 12.4. The molecule has 0 fully saturated rings. The van der Waals surface area contributed by atoms with E-state index in [9.17, 15) is 0 Å². The first kappa shape index (κ1) is 16.8. The fraction of sp³-hybridized carbons (Fsp3) is 1.00. The van der Waals surface area contributed by atoms with Gasteiger partial charge in [-0.3, -0.25) is 0 Å². The molecule has 0 rings (SSSR count). The summed E-state index contributed by atoms with van der Waals surface area (Å²) in [6, 6.07) is 0.359. The summed E-state index contributed by atoms with van der Waals surface area (Å²) in [6.45, 7) is 5.05. The van der Waals surface area contributed by atoms with Gasteiger partial charge >= 0.3 is 86.6 Å². The van der Waals surface area contributed by atoms with Crippen molar-refractivity contribution in [2.24, 2.45) is 5.73 Å². The van der Waals surface area contributed by atoms with Crippen LogP contribution in [0.25, 0.3) is 0 Å². The molecule has 0 saturated carbocycles. The normalized spacial score (nSPS) is 12.0. The Morgan fingerprint density at radius 3 is 2.54 bits per heavy atom. The number of nitrogens with two attached hydrogens (primary N) is 1. The van der Waals surface area contributed by atoms with E-state index in [0.717, 1.165) is 13.0 Å². The van der Waals surface area contributed by atoms with E-state index in [2.05, 4.69) is 20.1 Å². The molecule has 80 valence electrons. The Morgan fingerprint density at radius 1 is 1.54 bits per heavy atom. The summed E-state index contributed by atoms with van der Waals surface area (Å²) in [5.41, 5.74) is 5.67. The van der Waals surface area contributed by atoms with Gasteiger partial charge in [0.25, 0.3) is 0 Å². The molecule has 0 saturated heterocycles. The third-order valence-electron chi connectivity index (χ3n) is 1.57. The van der Waals surface area contributed by atoms with Crippen molar-refractivity contribution in [3.05, 3.63) is 0 Å². The second kappa shape index (κ2) is 11.4. The van der Waals surface area contributed by atoms with Crippen LogP contribution in [0.5, 0.6) is 0 Å². The van der Waals surface area contributed by atoms with Crippen molar-refractivity contribution in [3.8, 4) is 0 Å². The maximum absolute atomic E-state index is 5.69. The van der Waals surface area contributed by atoms with Crippen molar-refractivity contribution in [1.29, 1.82) is 0 Å². The van der Waals surface area contributed by atoms with Gasteiger partial charge in [0.1, 0.15) is 0 Å². The van der Waals surface area contributed by atoms with Crippen molar-refractivity contribution in [2.75, 3.05) is 12.9 Å². The third-order valence-corrected chi connectivity index (χ3v) is 12.0. The van der Waals surface area contributed by atoms with E-state index < -0.39 is 18.8 Å². The van der Waals surface area contributed by atoms with Gasteiger partial charge in [0.15, 0.2) is 0 Å². The van der Waals surface area contributed by atoms with Crippen LogP contribution in [-0.4, -0.2) is 37.7 Å². The smallest absolute Gasteiger partial charge is 1.00 e. The van der Waals surface area contributed by atoms with Crippen LogP contribution >= 0.6 is 8.95 Å². The van der Waals surface area contributed by atoms with E-state index in [-0.39, 0.29) is 12.4 Å². The van der Waals surface area contributed by atoms with Crippen LogP contribution in [0.4, 0.5) is 0 Å². The molecule has 1 unspecified atom stereocenters. The molecule has 2 nitrogen and oxygen atoms in total. The first-order chi connectivity index (χ1) is 5.70. The molecular formula is C8H20ClNOSSn. The Kier molecular flexibility index (Phi) is 14.8. The zero-order valence-electron chi connectivity index (χ0n) is 8.68. The van der Waals surface area contributed by atoms with Gasteiger partial charge in [0.2, 0.25) is 0 Å². The van der Waals surface area contributed by atoms with Gasteiger partial charge in [-0.15, -0.1) is 0 Å². The van der Waals surface area contributed by atoms with Crippen LogP contribution < -0.4 is 18.1 Å². The van der Waals surface area contributed by atoms with Crippen molar-refractivity contribution in [1.82, 2.24) is 0 Å². The first-order valence-electron chi connectivity index (χ1n) is 4.48. The van der Waals surface area contributed by atoms with Gasteiger partial charge in [0, 0.05) is 0 Å². The molecule has 0 aromatic rings. The van der Waals surface area contributed by atoms with Gasteiger partial charge in [0.05, 0.1) is 0 Å². The summed E-state index contributed by atoms with van der Waals surface area (Å²) in [5.74, 6) is 0. The molecule has 0 aliphatic carbocycles. The Bertz CT molecular complexity index is 108. The monoisotopic (exact) mass is 333 g/mol. The molecule has 0 bridgehead atoms. The van der Waals surface area contributed by atoms with Crippen LogP contribution in [0.1, 0.15) is 26.7 Å². The Morgan fingerprint density at radius 2 is 2.15 bits per heavy atom. The van der Waals surface area contributed by atoms with Crippen LogP contribution in [0.3, 0.4) is 0 Å². The van der Waals surface area contributed by atoms with Gasteiger partial charge in [-0.25, -0.2) is 0 Å². The number of hydrogen-bond acceptors (Lipinski definition) is 3. The second-order valence-corrected chi connectivity index (χ2v) is 14.2. The van der Waals surface area contributed by atoms with E-state index in [1.807, 2.05) is 8.95 Å². The summed E-state index contributed by atoms with van der Waals surface area (Å²) in [5, 5.41) is 0. The molecule has 0 radical (unpaired) electrons. The van der Waals surface area contributed by atoms with E-state index in [1.165, 1.54) is 10.9 Å². The Balaban J connectivity index is 0. The summed E-state index contributed by atoms with van der Waals surface area (Å²) in [6.07, 6.45) is 4.58. The molecular weight excluding hydrogens is 312 g/mol. The zero-order valence-corrected chi connectivity index (χ0v) is 13.1. The zero-order chi connectivity index (χ0) is 9.40. The molecule has 5 heteroatoms. The SMILES string of the molecule is CC[O][Sn+]([CH2]CCC(C)N)[S]C.[Cl-]. The molecule has 13 heavy (non-hydrogen) atoms. The van der Waals surface area contributed by atoms with Gasteiger partial charge < -0.3 is 12.4 Å². The van der Waals surface area contributed by atoms with Crippen LogP contribution in [0.15, 0.2) is 0 Å². The molecule has 2 N–H and O–H groups in total.